The molecular weight excluding hydrogens is 457 g/mol. The van der Waals surface area contributed by atoms with Crippen molar-refractivity contribution in [3.63, 3.8) is 0 Å². The molecule has 10 heteroatoms. The van der Waals surface area contributed by atoms with E-state index in [1.807, 2.05) is 11.6 Å². The second-order valence-corrected chi connectivity index (χ2v) is 10.1. The minimum absolute atomic E-state index is 0.252. The summed E-state index contributed by atoms with van der Waals surface area (Å²) in [4.78, 5) is 15.8. The number of nitrogens with zero attached hydrogens (tertiary/aromatic N) is 6. The van der Waals surface area contributed by atoms with Crippen LogP contribution >= 0.6 is 11.6 Å². The molecule has 0 radical (unpaired) electrons. The topological polar surface area (TPSA) is 81.0 Å². The maximum absolute atomic E-state index is 13.8. The van der Waals surface area contributed by atoms with Crippen molar-refractivity contribution < 1.29 is 9.13 Å². The van der Waals surface area contributed by atoms with Gasteiger partial charge in [-0.15, -0.1) is 5.10 Å². The monoisotopic (exact) mass is 483 g/mol. The fourth-order valence-electron chi connectivity index (χ4n) is 5.41. The fourth-order valence-corrected chi connectivity index (χ4v) is 5.62. The summed E-state index contributed by atoms with van der Waals surface area (Å²) in [5, 5.41) is 8.66. The zero-order chi connectivity index (χ0) is 23.2. The van der Waals surface area contributed by atoms with E-state index < -0.39 is 5.82 Å². The Morgan fingerprint density at radius 1 is 1.06 bits per heavy atom. The number of fused-ring (bicyclic) bond motifs is 2. The lowest BCUT2D eigenvalue weighted by molar-refractivity contribution is 0.258. The third-order valence-corrected chi connectivity index (χ3v) is 7.53. The van der Waals surface area contributed by atoms with Crippen LogP contribution in [-0.4, -0.2) is 43.9 Å². The van der Waals surface area contributed by atoms with Crippen LogP contribution in [0, 0.1) is 24.6 Å². The Labute approximate surface area is 202 Å². The van der Waals surface area contributed by atoms with Crippen LogP contribution in [0.15, 0.2) is 30.6 Å². The van der Waals surface area contributed by atoms with Gasteiger partial charge in [0, 0.05) is 42.0 Å². The summed E-state index contributed by atoms with van der Waals surface area (Å²) in [6, 6.07) is 7.12. The first kappa shape index (κ1) is 21.6. The van der Waals surface area contributed by atoms with E-state index in [1.165, 1.54) is 12.1 Å². The maximum atomic E-state index is 13.8. The SMILES string of the molecule is Cc1cc(N2C[C@H]3CC[C@@H](C2)[C@@H]3Nc2nc(Oc3cc(F)cc(Cl)c3)n(C3CCC3)n2)ncn1. The van der Waals surface area contributed by atoms with Crippen LogP contribution in [0.3, 0.4) is 0 Å². The molecule has 3 aliphatic rings. The number of aromatic nitrogens is 5. The lowest BCUT2D eigenvalue weighted by Gasteiger charge is -2.38. The Morgan fingerprint density at radius 3 is 2.53 bits per heavy atom. The third kappa shape index (κ3) is 4.17. The molecule has 2 aromatic heterocycles. The van der Waals surface area contributed by atoms with Crippen LogP contribution in [0.4, 0.5) is 16.2 Å². The largest absolute Gasteiger partial charge is 0.424 e. The van der Waals surface area contributed by atoms with Crippen molar-refractivity contribution in [2.75, 3.05) is 23.3 Å². The number of piperidine rings is 1. The van der Waals surface area contributed by atoms with Gasteiger partial charge in [0.05, 0.1) is 6.04 Å². The predicted octanol–water partition coefficient (Wildman–Crippen LogP) is 5.01. The number of aryl methyl sites for hydroxylation is 1. The number of anilines is 2. The molecule has 8 nitrogen and oxygen atoms in total. The molecule has 3 heterocycles. The highest BCUT2D eigenvalue weighted by molar-refractivity contribution is 6.30. The normalized spacial score (nSPS) is 24.2. The molecule has 3 aromatic rings. The molecule has 1 N–H and O–H groups in total. The van der Waals surface area contributed by atoms with E-state index in [1.54, 1.807) is 12.4 Å². The molecule has 1 aromatic carbocycles. The Morgan fingerprint density at radius 2 is 1.85 bits per heavy atom. The van der Waals surface area contributed by atoms with Gasteiger partial charge in [0.15, 0.2) is 0 Å². The first-order valence-electron chi connectivity index (χ1n) is 11.9. The molecule has 0 spiro atoms. The van der Waals surface area contributed by atoms with Crippen LogP contribution in [0.5, 0.6) is 11.8 Å². The Bertz CT molecular complexity index is 1170. The molecule has 1 aliphatic heterocycles. The molecule has 1 saturated heterocycles. The lowest BCUT2D eigenvalue weighted by atomic mass is 9.92. The number of hydrogen-bond donors (Lipinski definition) is 1. The van der Waals surface area contributed by atoms with Crippen LogP contribution in [-0.2, 0) is 0 Å². The van der Waals surface area contributed by atoms with Crippen molar-refractivity contribution in [2.24, 2.45) is 11.8 Å². The van der Waals surface area contributed by atoms with E-state index in [-0.39, 0.29) is 11.1 Å². The van der Waals surface area contributed by atoms with Crippen molar-refractivity contribution >= 4 is 23.4 Å². The number of rotatable bonds is 6. The number of benzene rings is 1. The van der Waals surface area contributed by atoms with Gasteiger partial charge in [0.25, 0.3) is 0 Å². The number of halogens is 2. The minimum atomic E-state index is -0.447. The molecule has 0 unspecified atom stereocenters. The van der Waals surface area contributed by atoms with Crippen molar-refractivity contribution in [3.8, 4) is 11.8 Å². The smallest absolute Gasteiger partial charge is 0.322 e. The molecule has 6 rings (SSSR count). The van der Waals surface area contributed by atoms with Gasteiger partial charge in [0.2, 0.25) is 5.95 Å². The molecular formula is C24H27ClFN7O. The second-order valence-electron chi connectivity index (χ2n) is 9.64. The average molecular weight is 484 g/mol. The summed E-state index contributed by atoms with van der Waals surface area (Å²) in [5.74, 6) is 2.40. The van der Waals surface area contributed by atoms with Gasteiger partial charge >= 0.3 is 6.01 Å². The zero-order valence-electron chi connectivity index (χ0n) is 19.0. The third-order valence-electron chi connectivity index (χ3n) is 7.31. The van der Waals surface area contributed by atoms with Gasteiger partial charge in [-0.2, -0.15) is 4.98 Å². The van der Waals surface area contributed by atoms with Crippen LogP contribution < -0.4 is 15.0 Å². The zero-order valence-corrected chi connectivity index (χ0v) is 19.7. The Balaban J connectivity index is 1.21. The van der Waals surface area contributed by atoms with Crippen molar-refractivity contribution in [1.29, 1.82) is 0 Å². The Kier molecular flexibility index (Phi) is 5.51. The number of nitrogens with one attached hydrogen (secondary N) is 1. The Hall–Kier alpha value is -2.94. The fraction of sp³-hybridized carbons (Fsp3) is 0.500. The van der Waals surface area contributed by atoms with E-state index in [0.717, 1.165) is 56.7 Å². The van der Waals surface area contributed by atoms with Gasteiger partial charge in [0.1, 0.15) is 23.7 Å². The molecule has 0 amide bonds. The average Bonchev–Trinajstić information content (AvgIpc) is 3.21. The summed E-state index contributed by atoms with van der Waals surface area (Å²) >= 11 is 6.01. The van der Waals surface area contributed by atoms with Gasteiger partial charge in [-0.25, -0.2) is 19.0 Å². The van der Waals surface area contributed by atoms with E-state index in [4.69, 9.17) is 21.4 Å². The van der Waals surface area contributed by atoms with Crippen molar-refractivity contribution in [1.82, 2.24) is 24.7 Å². The highest BCUT2D eigenvalue weighted by Crippen LogP contribution is 2.41. The highest BCUT2D eigenvalue weighted by Gasteiger charge is 2.43. The summed E-state index contributed by atoms with van der Waals surface area (Å²) in [7, 11) is 0. The molecule has 3 fully saturated rings. The summed E-state index contributed by atoms with van der Waals surface area (Å²) in [6.45, 7) is 3.88. The quantitative estimate of drug-likeness (QED) is 0.527. The highest BCUT2D eigenvalue weighted by atomic mass is 35.5. The molecule has 2 aliphatic carbocycles. The summed E-state index contributed by atoms with van der Waals surface area (Å²) < 4.78 is 21.6. The molecule has 178 valence electrons. The predicted molar refractivity (Wildman–Crippen MR) is 127 cm³/mol. The van der Waals surface area contributed by atoms with Crippen LogP contribution in [0.2, 0.25) is 5.02 Å². The lowest BCUT2D eigenvalue weighted by Crippen LogP contribution is -2.48. The summed E-state index contributed by atoms with van der Waals surface area (Å²) in [6.07, 6.45) is 7.19. The molecule has 2 saturated carbocycles. The first-order chi connectivity index (χ1) is 16.5. The molecule has 2 bridgehead atoms. The van der Waals surface area contributed by atoms with Gasteiger partial charge < -0.3 is 15.0 Å². The van der Waals surface area contributed by atoms with Crippen LogP contribution in [0.25, 0.3) is 0 Å². The summed E-state index contributed by atoms with van der Waals surface area (Å²) in [5.41, 5.74) is 0.982. The van der Waals surface area contributed by atoms with Crippen molar-refractivity contribution in [3.05, 3.63) is 47.1 Å². The van der Waals surface area contributed by atoms with Gasteiger partial charge in [-0.3, -0.25) is 0 Å². The van der Waals surface area contributed by atoms with Gasteiger partial charge in [-0.1, -0.05) is 11.6 Å². The van der Waals surface area contributed by atoms with Crippen molar-refractivity contribution in [2.45, 2.75) is 51.1 Å². The van der Waals surface area contributed by atoms with Crippen LogP contribution in [0.1, 0.15) is 43.8 Å². The molecule has 3 atom stereocenters. The van der Waals surface area contributed by atoms with Gasteiger partial charge in [-0.05, 0) is 63.0 Å². The number of hydrogen-bond acceptors (Lipinski definition) is 7. The second kappa shape index (κ2) is 8.69. The van der Waals surface area contributed by atoms with E-state index in [2.05, 4.69) is 31.2 Å². The number of ether oxygens (including phenoxy) is 1. The molecule has 34 heavy (non-hydrogen) atoms. The van der Waals surface area contributed by atoms with E-state index in [0.29, 0.717) is 35.6 Å². The maximum Gasteiger partial charge on any atom is 0.322 e. The standard InChI is InChI=1S/C24H27ClFN7O/c1-14-7-21(28-13-27-14)32-11-15-5-6-16(12-32)22(15)29-23-30-24(33(31-23)19-3-2-4-19)34-20-9-17(25)8-18(26)10-20/h7-10,13,15-16,19,22H,2-6,11-12H2,1H3,(H,29,31)/t15-,16+,22-. The minimum Gasteiger partial charge on any atom is -0.424 e. The first-order valence-corrected chi connectivity index (χ1v) is 12.3. The van der Waals surface area contributed by atoms with E-state index >= 15 is 0 Å². The van der Waals surface area contributed by atoms with E-state index in [9.17, 15) is 4.39 Å².